The zero-order valence-corrected chi connectivity index (χ0v) is 10.5. The van der Waals surface area contributed by atoms with Gasteiger partial charge in [0.05, 0.1) is 5.51 Å². The van der Waals surface area contributed by atoms with Gasteiger partial charge in [-0.1, -0.05) is 19.3 Å². The average Bonchev–Trinajstić information content (AvgIpc) is 2.85. The van der Waals surface area contributed by atoms with Crippen molar-refractivity contribution >= 4 is 17.2 Å². The maximum absolute atomic E-state index is 12.2. The molecule has 1 heterocycles. The molecule has 0 spiro atoms. The van der Waals surface area contributed by atoms with Crippen LogP contribution in [-0.2, 0) is 0 Å². The lowest BCUT2D eigenvalue weighted by Gasteiger charge is -2.33. The highest BCUT2D eigenvalue weighted by atomic mass is 32.1. The fourth-order valence-electron chi connectivity index (χ4n) is 2.43. The predicted octanol–water partition coefficient (Wildman–Crippen LogP) is 2.94. The Kier molecular flexibility index (Phi) is 3.93. The van der Waals surface area contributed by atoms with Crippen LogP contribution in [0.25, 0.3) is 0 Å². The number of rotatable bonds is 3. The molecule has 0 atom stereocenters. The Hall–Kier alpha value is -0.900. The lowest BCUT2D eigenvalue weighted by Crippen LogP contribution is -2.41. The second-order valence-electron chi connectivity index (χ2n) is 4.26. The van der Waals surface area contributed by atoms with Gasteiger partial charge < -0.3 is 4.90 Å². The predicted molar refractivity (Wildman–Crippen MR) is 65.7 cm³/mol. The maximum atomic E-state index is 12.2. The van der Waals surface area contributed by atoms with Gasteiger partial charge in [-0.25, -0.2) is 4.98 Å². The van der Waals surface area contributed by atoms with Gasteiger partial charge in [-0.05, 0) is 19.8 Å². The van der Waals surface area contributed by atoms with Gasteiger partial charge in [0, 0.05) is 18.0 Å². The number of carbonyl (C=O) groups is 1. The third-order valence-corrected chi connectivity index (χ3v) is 3.85. The maximum Gasteiger partial charge on any atom is 0.273 e. The molecule has 1 saturated carbocycles. The van der Waals surface area contributed by atoms with Crippen LogP contribution < -0.4 is 0 Å². The Bertz CT molecular complexity index is 331. The number of carbonyl (C=O) groups excluding carboxylic acids is 1. The summed E-state index contributed by atoms with van der Waals surface area (Å²) in [5.74, 6) is 0.107. The molecule has 4 heteroatoms. The van der Waals surface area contributed by atoms with E-state index in [9.17, 15) is 4.79 Å². The van der Waals surface area contributed by atoms with Crippen molar-refractivity contribution in [3.63, 3.8) is 0 Å². The fraction of sp³-hybridized carbons (Fsp3) is 0.667. The van der Waals surface area contributed by atoms with Crippen molar-refractivity contribution in [2.24, 2.45) is 0 Å². The summed E-state index contributed by atoms with van der Waals surface area (Å²) in [7, 11) is 0. The fourth-order valence-corrected chi connectivity index (χ4v) is 2.95. The molecule has 0 saturated heterocycles. The molecule has 0 aromatic carbocycles. The number of aromatic nitrogens is 1. The molecule has 0 N–H and O–H groups in total. The van der Waals surface area contributed by atoms with Crippen LogP contribution in [0.3, 0.4) is 0 Å². The number of hydrogen-bond acceptors (Lipinski definition) is 3. The molecule has 88 valence electrons. The summed E-state index contributed by atoms with van der Waals surface area (Å²) >= 11 is 1.48. The van der Waals surface area contributed by atoms with E-state index < -0.39 is 0 Å². The number of nitrogens with zero attached hydrogens (tertiary/aromatic N) is 2. The topological polar surface area (TPSA) is 33.2 Å². The largest absolute Gasteiger partial charge is 0.335 e. The van der Waals surface area contributed by atoms with E-state index in [0.29, 0.717) is 11.7 Å². The standard InChI is InChI=1S/C12H18N2OS/c1-2-14(10-6-4-3-5-7-10)12(15)11-8-16-9-13-11/h8-10H,2-7H2,1H3. The first-order chi connectivity index (χ1) is 7.83. The van der Waals surface area contributed by atoms with Gasteiger partial charge in [0.2, 0.25) is 0 Å². The lowest BCUT2D eigenvalue weighted by molar-refractivity contribution is 0.0642. The van der Waals surface area contributed by atoms with Gasteiger partial charge in [0.25, 0.3) is 5.91 Å². The summed E-state index contributed by atoms with van der Waals surface area (Å²) in [6.07, 6.45) is 6.14. The van der Waals surface area contributed by atoms with Crippen molar-refractivity contribution in [2.45, 2.75) is 45.1 Å². The van der Waals surface area contributed by atoms with Gasteiger partial charge in [0.15, 0.2) is 0 Å². The van der Waals surface area contributed by atoms with Crippen LogP contribution in [0.4, 0.5) is 0 Å². The Morgan fingerprint density at radius 3 is 2.81 bits per heavy atom. The van der Waals surface area contributed by atoms with Crippen LogP contribution >= 0.6 is 11.3 Å². The van der Waals surface area contributed by atoms with Gasteiger partial charge in [-0.3, -0.25) is 4.79 Å². The molecule has 3 nitrogen and oxygen atoms in total. The first-order valence-electron chi connectivity index (χ1n) is 6.02. The van der Waals surface area contributed by atoms with Crippen LogP contribution in [0.1, 0.15) is 49.5 Å². The summed E-state index contributed by atoms with van der Waals surface area (Å²) in [5.41, 5.74) is 2.33. The minimum absolute atomic E-state index is 0.107. The summed E-state index contributed by atoms with van der Waals surface area (Å²) < 4.78 is 0. The molecular formula is C12H18N2OS. The Morgan fingerprint density at radius 2 is 2.25 bits per heavy atom. The van der Waals surface area contributed by atoms with Crippen LogP contribution in [0.2, 0.25) is 0 Å². The minimum Gasteiger partial charge on any atom is -0.335 e. The SMILES string of the molecule is CCN(C(=O)c1cscn1)C1CCCCC1. The van der Waals surface area contributed by atoms with Crippen molar-refractivity contribution in [2.75, 3.05) is 6.54 Å². The second kappa shape index (κ2) is 5.43. The third-order valence-electron chi connectivity index (χ3n) is 3.27. The molecule has 0 bridgehead atoms. The smallest absolute Gasteiger partial charge is 0.273 e. The second-order valence-corrected chi connectivity index (χ2v) is 4.98. The first-order valence-corrected chi connectivity index (χ1v) is 6.96. The van der Waals surface area contributed by atoms with E-state index in [-0.39, 0.29) is 5.91 Å². The Labute approximate surface area is 100 Å². The summed E-state index contributed by atoms with van der Waals surface area (Å²) in [5, 5.41) is 1.84. The Balaban J connectivity index is 2.06. The van der Waals surface area contributed by atoms with E-state index in [0.717, 1.165) is 19.4 Å². The zero-order chi connectivity index (χ0) is 11.4. The number of thiazole rings is 1. The van der Waals surface area contributed by atoms with Crippen molar-refractivity contribution in [3.05, 3.63) is 16.6 Å². The zero-order valence-electron chi connectivity index (χ0n) is 9.69. The molecule has 1 aliphatic rings. The lowest BCUT2D eigenvalue weighted by atomic mass is 9.94. The van der Waals surface area contributed by atoms with E-state index in [2.05, 4.69) is 11.9 Å². The van der Waals surface area contributed by atoms with E-state index in [4.69, 9.17) is 0 Å². The van der Waals surface area contributed by atoms with E-state index in [1.165, 1.54) is 30.6 Å². The molecule has 1 aromatic rings. The normalized spacial score (nSPS) is 17.3. The van der Waals surface area contributed by atoms with Crippen molar-refractivity contribution in [1.82, 2.24) is 9.88 Å². The van der Waals surface area contributed by atoms with Crippen LogP contribution in [-0.4, -0.2) is 28.4 Å². The Morgan fingerprint density at radius 1 is 1.50 bits per heavy atom. The molecule has 2 rings (SSSR count). The van der Waals surface area contributed by atoms with Crippen molar-refractivity contribution < 1.29 is 4.79 Å². The molecule has 0 unspecified atom stereocenters. The number of hydrogen-bond donors (Lipinski definition) is 0. The highest BCUT2D eigenvalue weighted by Crippen LogP contribution is 2.23. The quantitative estimate of drug-likeness (QED) is 0.811. The summed E-state index contributed by atoms with van der Waals surface area (Å²) in [6, 6.07) is 0.438. The summed E-state index contributed by atoms with van der Waals surface area (Å²) in [6.45, 7) is 2.85. The first kappa shape index (κ1) is 11.6. The molecular weight excluding hydrogens is 220 g/mol. The third kappa shape index (κ3) is 2.43. The van der Waals surface area contributed by atoms with E-state index in [1.807, 2.05) is 10.3 Å². The molecule has 1 fully saturated rings. The highest BCUT2D eigenvalue weighted by molar-refractivity contribution is 7.07. The highest BCUT2D eigenvalue weighted by Gasteiger charge is 2.25. The molecule has 0 radical (unpaired) electrons. The average molecular weight is 238 g/mol. The number of amides is 1. The molecule has 1 aliphatic carbocycles. The van der Waals surface area contributed by atoms with Gasteiger partial charge >= 0.3 is 0 Å². The van der Waals surface area contributed by atoms with E-state index >= 15 is 0 Å². The van der Waals surface area contributed by atoms with Crippen LogP contribution in [0.5, 0.6) is 0 Å². The van der Waals surface area contributed by atoms with Gasteiger partial charge in [-0.2, -0.15) is 0 Å². The molecule has 16 heavy (non-hydrogen) atoms. The monoisotopic (exact) mass is 238 g/mol. The molecule has 1 aromatic heterocycles. The van der Waals surface area contributed by atoms with Gasteiger partial charge in [-0.15, -0.1) is 11.3 Å². The van der Waals surface area contributed by atoms with Gasteiger partial charge in [0.1, 0.15) is 5.69 Å². The van der Waals surface area contributed by atoms with Crippen molar-refractivity contribution in [1.29, 1.82) is 0 Å². The minimum atomic E-state index is 0.107. The molecule has 0 aliphatic heterocycles. The van der Waals surface area contributed by atoms with Crippen LogP contribution in [0.15, 0.2) is 10.9 Å². The van der Waals surface area contributed by atoms with Crippen molar-refractivity contribution in [3.8, 4) is 0 Å². The summed E-state index contributed by atoms with van der Waals surface area (Å²) in [4.78, 5) is 18.3. The van der Waals surface area contributed by atoms with Crippen LogP contribution in [0, 0.1) is 0 Å². The molecule has 1 amide bonds. The van der Waals surface area contributed by atoms with E-state index in [1.54, 1.807) is 5.51 Å².